The Balaban J connectivity index is 1.70. The maximum absolute atomic E-state index is 12.6. The molecule has 0 N–H and O–H groups in total. The number of allylic oxidation sites excluding steroid dienone is 1. The van der Waals surface area contributed by atoms with Crippen molar-refractivity contribution < 1.29 is 19.1 Å². The first-order valence-corrected chi connectivity index (χ1v) is 8.43. The molecule has 5 heteroatoms. The topological polar surface area (TPSA) is 55.8 Å². The second kappa shape index (κ2) is 7.18. The van der Waals surface area contributed by atoms with Gasteiger partial charge in [-0.05, 0) is 44.2 Å². The highest BCUT2D eigenvalue weighted by molar-refractivity contribution is 5.99. The second-order valence-corrected chi connectivity index (χ2v) is 6.56. The molecular weight excluding hydrogens is 306 g/mol. The minimum Gasteiger partial charge on any atom is -0.446 e. The van der Waals surface area contributed by atoms with E-state index in [0.29, 0.717) is 5.92 Å². The molecule has 0 aliphatic carbocycles. The van der Waals surface area contributed by atoms with Crippen molar-refractivity contribution in [2.75, 3.05) is 6.61 Å². The lowest BCUT2D eigenvalue weighted by Crippen LogP contribution is -2.33. The molecule has 0 saturated carbocycles. The largest absolute Gasteiger partial charge is 0.446 e. The Kier molecular flexibility index (Phi) is 5.00. The van der Waals surface area contributed by atoms with Gasteiger partial charge in [0.15, 0.2) is 0 Å². The summed E-state index contributed by atoms with van der Waals surface area (Å²) in [5.41, 5.74) is 0.901. The number of carbonyl (C=O) groups is 2. The number of hydrogen-bond donors (Lipinski definition) is 0. The molecule has 0 bridgehead atoms. The summed E-state index contributed by atoms with van der Waals surface area (Å²) in [6.07, 6.45) is 5.00. The van der Waals surface area contributed by atoms with Crippen molar-refractivity contribution in [3.63, 3.8) is 0 Å². The number of rotatable bonds is 3. The fraction of sp³-hybridized carbons (Fsp3) is 0.474. The number of hydrogen-bond acceptors (Lipinski definition) is 4. The summed E-state index contributed by atoms with van der Waals surface area (Å²) in [7, 11) is 0. The van der Waals surface area contributed by atoms with Crippen LogP contribution in [0.5, 0.6) is 0 Å². The van der Waals surface area contributed by atoms with Crippen molar-refractivity contribution in [3.05, 3.63) is 48.0 Å². The predicted octanol–water partition coefficient (Wildman–Crippen LogP) is 3.47. The molecule has 2 unspecified atom stereocenters. The van der Waals surface area contributed by atoms with Crippen LogP contribution in [0.15, 0.2) is 42.5 Å². The molecule has 1 aromatic carbocycles. The van der Waals surface area contributed by atoms with Crippen LogP contribution in [-0.2, 0) is 14.3 Å². The molecule has 0 radical (unpaired) electrons. The number of nitrogens with zero attached hydrogens (tertiary/aromatic N) is 1. The Morgan fingerprint density at radius 1 is 1.17 bits per heavy atom. The highest BCUT2D eigenvalue weighted by Crippen LogP contribution is 2.29. The van der Waals surface area contributed by atoms with Crippen LogP contribution in [0.3, 0.4) is 0 Å². The van der Waals surface area contributed by atoms with Crippen LogP contribution in [0.2, 0.25) is 0 Å². The van der Waals surface area contributed by atoms with Gasteiger partial charge in [-0.3, -0.25) is 4.79 Å². The van der Waals surface area contributed by atoms with E-state index < -0.39 is 6.09 Å². The van der Waals surface area contributed by atoms with E-state index in [1.165, 1.54) is 11.0 Å². The number of ether oxygens (including phenoxy) is 2. The summed E-state index contributed by atoms with van der Waals surface area (Å²) < 4.78 is 10.8. The van der Waals surface area contributed by atoms with Gasteiger partial charge < -0.3 is 9.47 Å². The van der Waals surface area contributed by atoms with E-state index in [2.05, 4.69) is 0 Å². The number of carbonyl (C=O) groups excluding carboxylic acids is 2. The maximum atomic E-state index is 12.6. The summed E-state index contributed by atoms with van der Waals surface area (Å²) in [6, 6.07) is 9.13. The molecule has 2 fully saturated rings. The highest BCUT2D eigenvalue weighted by atomic mass is 16.6. The van der Waals surface area contributed by atoms with Gasteiger partial charge >= 0.3 is 6.09 Å². The number of cyclic esters (lactones) is 1. The van der Waals surface area contributed by atoms with Crippen molar-refractivity contribution in [2.24, 2.45) is 5.92 Å². The van der Waals surface area contributed by atoms with Crippen molar-refractivity contribution in [1.82, 2.24) is 4.90 Å². The van der Waals surface area contributed by atoms with E-state index in [9.17, 15) is 9.59 Å². The van der Waals surface area contributed by atoms with Gasteiger partial charge in [0.1, 0.15) is 12.6 Å². The van der Waals surface area contributed by atoms with E-state index >= 15 is 0 Å². The lowest BCUT2D eigenvalue weighted by atomic mass is 9.92. The summed E-state index contributed by atoms with van der Waals surface area (Å²) >= 11 is 0. The van der Waals surface area contributed by atoms with Gasteiger partial charge in [0, 0.05) is 0 Å². The highest BCUT2D eigenvalue weighted by Gasteiger charge is 2.38. The average Bonchev–Trinajstić information content (AvgIpc) is 2.94. The third kappa shape index (κ3) is 3.67. The van der Waals surface area contributed by atoms with Crippen molar-refractivity contribution in [2.45, 2.75) is 44.9 Å². The first-order chi connectivity index (χ1) is 11.5. The molecular formula is C19H23NO4. The molecule has 2 aliphatic rings. The molecule has 24 heavy (non-hydrogen) atoms. The molecule has 128 valence electrons. The van der Waals surface area contributed by atoms with Crippen LogP contribution in [-0.4, -0.2) is 35.7 Å². The molecule has 1 aromatic rings. The summed E-state index contributed by atoms with van der Waals surface area (Å²) in [6.45, 7) is 4.29. The van der Waals surface area contributed by atoms with Crippen LogP contribution in [0.4, 0.5) is 4.79 Å². The Morgan fingerprint density at radius 3 is 2.50 bits per heavy atom. The van der Waals surface area contributed by atoms with Gasteiger partial charge in [0.25, 0.3) is 5.91 Å². The van der Waals surface area contributed by atoms with Crippen molar-refractivity contribution in [3.8, 4) is 0 Å². The smallest absolute Gasteiger partial charge is 0.417 e. The zero-order chi connectivity index (χ0) is 17.1. The Labute approximate surface area is 142 Å². The van der Waals surface area contributed by atoms with Gasteiger partial charge in [-0.15, -0.1) is 0 Å². The predicted molar refractivity (Wildman–Crippen MR) is 89.3 cm³/mol. The Hall–Kier alpha value is -2.14. The average molecular weight is 329 g/mol. The molecule has 2 amide bonds. The fourth-order valence-corrected chi connectivity index (χ4v) is 3.50. The van der Waals surface area contributed by atoms with Gasteiger partial charge in [0.2, 0.25) is 0 Å². The molecule has 3 rings (SSSR count). The number of benzene rings is 1. The first-order valence-electron chi connectivity index (χ1n) is 8.43. The number of imide groups is 1. The third-order valence-electron chi connectivity index (χ3n) is 4.54. The van der Waals surface area contributed by atoms with Crippen molar-refractivity contribution >= 4 is 12.0 Å². The Morgan fingerprint density at radius 2 is 1.83 bits per heavy atom. The summed E-state index contributed by atoms with van der Waals surface area (Å²) in [5.74, 6) is -0.0281. The molecule has 5 nitrogen and oxygen atoms in total. The monoisotopic (exact) mass is 329 g/mol. The van der Waals surface area contributed by atoms with E-state index in [-0.39, 0.29) is 30.8 Å². The SMILES string of the molecule is CC1CC(/C=C/C(=O)N2C(=O)OC[C@H]2c2ccccc2)CC(C)O1. The lowest BCUT2D eigenvalue weighted by molar-refractivity contribution is -0.124. The Bertz CT molecular complexity index is 618. The molecule has 0 aromatic heterocycles. The lowest BCUT2D eigenvalue weighted by Gasteiger charge is -2.30. The van der Waals surface area contributed by atoms with Crippen LogP contribution in [0.25, 0.3) is 0 Å². The van der Waals surface area contributed by atoms with E-state index in [1.54, 1.807) is 0 Å². The maximum Gasteiger partial charge on any atom is 0.417 e. The van der Waals surface area contributed by atoms with E-state index in [4.69, 9.17) is 9.47 Å². The van der Waals surface area contributed by atoms with Gasteiger partial charge in [-0.2, -0.15) is 0 Å². The van der Waals surface area contributed by atoms with E-state index in [0.717, 1.165) is 18.4 Å². The standard InChI is InChI=1S/C19H23NO4/c1-13-10-15(11-14(2)24-13)8-9-18(21)20-17(12-23-19(20)22)16-6-4-3-5-7-16/h3-9,13-15,17H,10-12H2,1-2H3/b9-8+/t13?,14?,15?,17-/m0/s1. The fourth-order valence-electron chi connectivity index (χ4n) is 3.50. The van der Waals surface area contributed by atoms with E-state index in [1.807, 2.05) is 50.3 Å². The zero-order valence-corrected chi connectivity index (χ0v) is 14.1. The normalized spacial score (nSPS) is 30.6. The van der Waals surface area contributed by atoms with Crippen molar-refractivity contribution in [1.29, 1.82) is 0 Å². The van der Waals surface area contributed by atoms with Crippen LogP contribution in [0.1, 0.15) is 38.3 Å². The molecule has 0 spiro atoms. The van der Waals surface area contributed by atoms with Gasteiger partial charge in [-0.25, -0.2) is 9.69 Å². The van der Waals surface area contributed by atoms with Crippen LogP contribution < -0.4 is 0 Å². The minimum atomic E-state index is -0.577. The molecule has 2 aliphatic heterocycles. The quantitative estimate of drug-likeness (QED) is 0.797. The zero-order valence-electron chi connectivity index (χ0n) is 14.1. The molecule has 3 atom stereocenters. The second-order valence-electron chi connectivity index (χ2n) is 6.56. The third-order valence-corrected chi connectivity index (χ3v) is 4.54. The molecule has 2 heterocycles. The number of amides is 2. The summed E-state index contributed by atoms with van der Waals surface area (Å²) in [5, 5.41) is 0. The minimum absolute atomic E-state index is 0.187. The van der Waals surface area contributed by atoms with Crippen LogP contribution in [0, 0.1) is 5.92 Å². The van der Waals surface area contributed by atoms with Gasteiger partial charge in [-0.1, -0.05) is 36.4 Å². The molecule has 2 saturated heterocycles. The first kappa shape index (κ1) is 16.7. The van der Waals surface area contributed by atoms with Gasteiger partial charge in [0.05, 0.1) is 12.2 Å². The van der Waals surface area contributed by atoms with Crippen LogP contribution >= 0.6 is 0 Å². The summed E-state index contributed by atoms with van der Waals surface area (Å²) in [4.78, 5) is 25.7.